The molecule has 1 unspecified atom stereocenters. The summed E-state index contributed by atoms with van der Waals surface area (Å²) in [7, 11) is 0. The van der Waals surface area contributed by atoms with Gasteiger partial charge in [0.25, 0.3) is 0 Å². The van der Waals surface area contributed by atoms with Crippen LogP contribution in [0.2, 0.25) is 0 Å². The van der Waals surface area contributed by atoms with Gasteiger partial charge in [0.05, 0.1) is 18.0 Å². The molecule has 0 radical (unpaired) electrons. The van der Waals surface area contributed by atoms with Gasteiger partial charge in [-0.3, -0.25) is 9.59 Å². The van der Waals surface area contributed by atoms with E-state index < -0.39 is 30.0 Å². The number of benzene rings is 2. The molecule has 51 heavy (non-hydrogen) atoms. The highest BCUT2D eigenvalue weighted by Crippen LogP contribution is 2.33. The number of hydrogen-bond acceptors (Lipinski definition) is 7. The summed E-state index contributed by atoms with van der Waals surface area (Å²) in [6.07, 6.45) is 9.45. The number of likely N-dealkylation sites (tertiary alicyclic amines) is 1. The molecule has 1 saturated heterocycles. The third kappa shape index (κ3) is 9.88. The number of aliphatic carboxylic acids is 1. The lowest BCUT2D eigenvalue weighted by atomic mass is 9.91. The maximum absolute atomic E-state index is 14.9. The van der Waals surface area contributed by atoms with Crippen LogP contribution in [-0.2, 0) is 21.4 Å². The molecule has 1 N–H and O–H groups in total. The number of halogens is 1. The van der Waals surface area contributed by atoms with Crippen molar-refractivity contribution >= 4 is 29.0 Å². The number of unbranched alkanes of at least 4 members (excludes halogenated alkanes) is 4. The van der Waals surface area contributed by atoms with Crippen LogP contribution in [0.25, 0.3) is 22.5 Å². The molecular formula is C41H48FN3O5S. The molecule has 8 nitrogen and oxygen atoms in total. The Balaban J connectivity index is 1.24. The topological polar surface area (TPSA) is 110 Å². The minimum Gasteiger partial charge on any atom is -0.494 e. The number of carbonyl (C=O) groups excluding carboxylic acids is 2. The lowest BCUT2D eigenvalue weighted by molar-refractivity contribution is -0.150. The summed E-state index contributed by atoms with van der Waals surface area (Å²) < 4.78 is 20.8. The van der Waals surface area contributed by atoms with E-state index in [0.717, 1.165) is 39.3 Å². The summed E-state index contributed by atoms with van der Waals surface area (Å²) in [5, 5.41) is 9.38. The van der Waals surface area contributed by atoms with E-state index in [0.29, 0.717) is 17.3 Å². The second-order valence-corrected chi connectivity index (χ2v) is 15.6. The average Bonchev–Trinajstić information content (AvgIpc) is 3.79. The second kappa shape index (κ2) is 16.7. The Morgan fingerprint density at radius 2 is 1.59 bits per heavy atom. The van der Waals surface area contributed by atoms with Crippen LogP contribution in [0, 0.1) is 5.92 Å². The fourth-order valence-corrected chi connectivity index (χ4v) is 7.21. The Hall–Kier alpha value is -4.44. The number of carboxylic acids is 1. The van der Waals surface area contributed by atoms with Gasteiger partial charge in [0.2, 0.25) is 11.6 Å². The molecule has 0 saturated carbocycles. The summed E-state index contributed by atoms with van der Waals surface area (Å²) in [6.45, 7) is 8.62. The molecule has 1 fully saturated rings. The number of aromatic nitrogens is 2. The molecular weight excluding hydrogens is 666 g/mol. The molecule has 0 bridgehead atoms. The normalized spacial score (nSPS) is 16.6. The largest absolute Gasteiger partial charge is 0.494 e. The first kappa shape index (κ1) is 37.8. The smallest absolute Gasteiger partial charge is 0.343 e. The molecule has 1 amide bonds. The molecule has 0 spiro atoms. The summed E-state index contributed by atoms with van der Waals surface area (Å²) in [5.41, 5.74) is 0.881. The van der Waals surface area contributed by atoms with Crippen molar-refractivity contribution in [1.29, 1.82) is 0 Å². The van der Waals surface area contributed by atoms with E-state index in [2.05, 4.69) is 37.7 Å². The Morgan fingerprint density at radius 3 is 2.20 bits per heavy atom. The van der Waals surface area contributed by atoms with Crippen molar-refractivity contribution in [1.82, 2.24) is 14.9 Å². The fourth-order valence-electron chi connectivity index (χ4n) is 6.20. The van der Waals surface area contributed by atoms with Gasteiger partial charge in [-0.25, -0.2) is 19.2 Å². The van der Waals surface area contributed by atoms with Crippen molar-refractivity contribution in [3.05, 3.63) is 88.4 Å². The summed E-state index contributed by atoms with van der Waals surface area (Å²) in [6, 6.07) is 19.2. The fraction of sp³-hybridized carbons (Fsp3) is 0.439. The van der Waals surface area contributed by atoms with E-state index in [4.69, 9.17) is 4.74 Å². The first-order chi connectivity index (χ1) is 24.4. The molecule has 2 aromatic heterocycles. The zero-order valence-corrected chi connectivity index (χ0v) is 30.8. The molecule has 270 valence electrons. The Kier molecular flexibility index (Phi) is 12.4. The van der Waals surface area contributed by atoms with Gasteiger partial charge in [-0.1, -0.05) is 89.8 Å². The van der Waals surface area contributed by atoms with E-state index in [-0.39, 0.29) is 37.0 Å². The van der Waals surface area contributed by atoms with Gasteiger partial charge in [-0.05, 0) is 53.6 Å². The van der Waals surface area contributed by atoms with Crippen LogP contribution in [0.4, 0.5) is 4.39 Å². The number of hydrogen-bond donors (Lipinski definition) is 1. The number of thiophene rings is 1. The number of ether oxygens (including phenoxy) is 1. The highest BCUT2D eigenvalue weighted by molar-refractivity contribution is 7.14. The number of carbonyl (C=O) groups is 3. The van der Waals surface area contributed by atoms with E-state index >= 15 is 0 Å². The first-order valence-electron chi connectivity index (χ1n) is 17.9. The number of alkyl halides is 1. The number of Topliss-reactive ketones (excluding diaryl/α,β-unsaturated/α-hetero) is 1. The first-order valence-corrected chi connectivity index (χ1v) is 18.7. The third-order valence-electron chi connectivity index (χ3n) is 9.37. The molecule has 0 aliphatic carbocycles. The van der Waals surface area contributed by atoms with Crippen LogP contribution in [0.1, 0.15) is 92.8 Å². The van der Waals surface area contributed by atoms with Gasteiger partial charge < -0.3 is 14.7 Å². The van der Waals surface area contributed by atoms with E-state index in [9.17, 15) is 23.9 Å². The lowest BCUT2D eigenvalue weighted by Gasteiger charge is -2.24. The number of amides is 1. The predicted molar refractivity (Wildman–Crippen MR) is 199 cm³/mol. The van der Waals surface area contributed by atoms with Crippen LogP contribution >= 0.6 is 11.3 Å². The van der Waals surface area contributed by atoms with E-state index in [1.165, 1.54) is 41.9 Å². The molecule has 3 heterocycles. The highest BCUT2D eigenvalue weighted by atomic mass is 32.1. The summed E-state index contributed by atoms with van der Waals surface area (Å²) >= 11 is 1.42. The predicted octanol–water partition coefficient (Wildman–Crippen LogP) is 8.98. The van der Waals surface area contributed by atoms with Gasteiger partial charge in [0.15, 0.2) is 11.6 Å². The molecule has 1 aliphatic rings. The standard InChI is InChI=1S/C41H48FN3O5S/c1-5-6-7-8-9-22-50-33-16-14-29(15-17-33)32-25-43-37(44-26-32)30-12-10-28(11-13-30)23-31(38(47)45-21-20-41(42,27-45)39(48)49)24-34(46)35-18-19-36(51-35)40(2,3)4/h10-19,25-26,31H,5-9,20-24,27H2,1-4H3,(H,48,49)/t31-,41?/m1/s1. The number of rotatable bonds is 16. The minimum absolute atomic E-state index is 0.0110. The zero-order chi connectivity index (χ0) is 36.6. The second-order valence-electron chi connectivity index (χ2n) is 14.5. The average molecular weight is 714 g/mol. The van der Waals surface area contributed by atoms with E-state index in [1.54, 1.807) is 18.5 Å². The van der Waals surface area contributed by atoms with Crippen molar-refractivity contribution < 1.29 is 28.6 Å². The molecule has 2 atom stereocenters. The third-order valence-corrected chi connectivity index (χ3v) is 10.9. The molecule has 10 heteroatoms. The van der Waals surface area contributed by atoms with Crippen molar-refractivity contribution in [3.8, 4) is 28.3 Å². The Bertz CT molecular complexity index is 1780. The Labute approximate surface area is 304 Å². The SMILES string of the molecule is CCCCCCCOc1ccc(-c2cnc(-c3ccc(C[C@H](CC(=O)c4ccc(C(C)(C)C)s4)C(=O)N4CCC(F)(C(=O)O)C4)cc3)nc2)cc1. The number of carboxylic acid groups (broad SMARTS) is 1. The molecule has 5 rings (SSSR count). The van der Waals surface area contributed by atoms with Crippen molar-refractivity contribution in [2.75, 3.05) is 19.7 Å². The molecule has 1 aliphatic heterocycles. The van der Waals surface area contributed by atoms with Gasteiger partial charge in [0.1, 0.15) is 5.75 Å². The van der Waals surface area contributed by atoms with Crippen molar-refractivity contribution in [3.63, 3.8) is 0 Å². The highest BCUT2D eigenvalue weighted by Gasteiger charge is 2.48. The maximum Gasteiger partial charge on any atom is 0.343 e. The lowest BCUT2D eigenvalue weighted by Crippen LogP contribution is -2.41. The quantitative estimate of drug-likeness (QED) is 0.0912. The van der Waals surface area contributed by atoms with E-state index in [1.807, 2.05) is 54.6 Å². The summed E-state index contributed by atoms with van der Waals surface area (Å²) in [5.74, 6) is -1.54. The number of ketones is 1. The van der Waals surface area contributed by atoms with Gasteiger partial charge in [-0.15, -0.1) is 11.3 Å². The minimum atomic E-state index is -2.48. The van der Waals surface area contributed by atoms with Gasteiger partial charge >= 0.3 is 5.97 Å². The van der Waals surface area contributed by atoms with Crippen LogP contribution in [-0.4, -0.2) is 63.0 Å². The molecule has 4 aromatic rings. The number of nitrogens with zero attached hydrogens (tertiary/aromatic N) is 3. The van der Waals surface area contributed by atoms with Crippen molar-refractivity contribution in [2.45, 2.75) is 90.1 Å². The van der Waals surface area contributed by atoms with Crippen LogP contribution < -0.4 is 4.74 Å². The van der Waals surface area contributed by atoms with Gasteiger partial charge in [0, 0.05) is 53.7 Å². The maximum atomic E-state index is 14.9. The van der Waals surface area contributed by atoms with Crippen LogP contribution in [0.15, 0.2) is 73.1 Å². The van der Waals surface area contributed by atoms with Crippen molar-refractivity contribution in [2.24, 2.45) is 5.92 Å². The van der Waals surface area contributed by atoms with Crippen LogP contribution in [0.3, 0.4) is 0 Å². The Morgan fingerprint density at radius 1 is 0.922 bits per heavy atom. The van der Waals surface area contributed by atoms with Crippen LogP contribution in [0.5, 0.6) is 5.75 Å². The summed E-state index contributed by atoms with van der Waals surface area (Å²) in [4.78, 5) is 50.8. The molecule has 2 aromatic carbocycles. The zero-order valence-electron chi connectivity index (χ0n) is 30.0. The van der Waals surface area contributed by atoms with Gasteiger partial charge in [-0.2, -0.15) is 0 Å². The monoisotopic (exact) mass is 713 g/mol.